The number of hydrogen-bond acceptors (Lipinski definition) is 5. The highest BCUT2D eigenvalue weighted by molar-refractivity contribution is 9.10. The number of likely N-dealkylation sites (tertiary alicyclic amines) is 1. The molecule has 0 aromatic heterocycles. The average Bonchev–Trinajstić information content (AvgIpc) is 2.98. The third-order valence-corrected chi connectivity index (χ3v) is 5.79. The summed E-state index contributed by atoms with van der Waals surface area (Å²) in [5.74, 6) is -0.727. The molecular formula is C24H27BrN2O4. The summed E-state index contributed by atoms with van der Waals surface area (Å²) in [5.41, 5.74) is 2.20. The van der Waals surface area contributed by atoms with Crippen LogP contribution >= 0.6 is 15.9 Å². The third kappa shape index (κ3) is 4.83. The first-order valence-corrected chi connectivity index (χ1v) is 11.0. The number of aliphatic hydroxyl groups is 1. The van der Waals surface area contributed by atoms with Gasteiger partial charge in [0.15, 0.2) is 0 Å². The minimum atomic E-state index is -0.671. The van der Waals surface area contributed by atoms with E-state index in [4.69, 9.17) is 4.74 Å². The van der Waals surface area contributed by atoms with Crippen LogP contribution in [0, 0.1) is 6.92 Å². The van der Waals surface area contributed by atoms with Crippen LogP contribution < -0.4 is 4.74 Å². The van der Waals surface area contributed by atoms with Crippen molar-refractivity contribution in [1.29, 1.82) is 0 Å². The highest BCUT2D eigenvalue weighted by Crippen LogP contribution is 2.40. The Kier molecular flexibility index (Phi) is 7.18. The molecular weight excluding hydrogens is 460 g/mol. The van der Waals surface area contributed by atoms with E-state index < -0.39 is 17.7 Å². The van der Waals surface area contributed by atoms with Gasteiger partial charge in [0.1, 0.15) is 11.5 Å². The van der Waals surface area contributed by atoms with Crippen LogP contribution in [-0.2, 0) is 9.59 Å². The second kappa shape index (κ2) is 9.66. The lowest BCUT2D eigenvalue weighted by molar-refractivity contribution is -0.140. The summed E-state index contributed by atoms with van der Waals surface area (Å²) in [6.07, 6.45) is 0. The zero-order valence-electron chi connectivity index (χ0n) is 18.2. The van der Waals surface area contributed by atoms with Gasteiger partial charge in [0.05, 0.1) is 18.2 Å². The Balaban J connectivity index is 2.12. The van der Waals surface area contributed by atoms with Crippen LogP contribution in [0.3, 0.4) is 0 Å². The van der Waals surface area contributed by atoms with Gasteiger partial charge in [-0.05, 0) is 69.4 Å². The molecule has 6 nitrogen and oxygen atoms in total. The van der Waals surface area contributed by atoms with Gasteiger partial charge in [-0.3, -0.25) is 9.59 Å². The molecule has 1 N–H and O–H groups in total. The lowest BCUT2D eigenvalue weighted by Gasteiger charge is -2.26. The number of aliphatic hydroxyl groups excluding tert-OH is 1. The smallest absolute Gasteiger partial charge is 0.295 e. The van der Waals surface area contributed by atoms with E-state index in [1.165, 1.54) is 0 Å². The molecule has 3 rings (SSSR count). The average molecular weight is 487 g/mol. The normalized spacial score (nSPS) is 18.1. The van der Waals surface area contributed by atoms with E-state index >= 15 is 0 Å². The molecule has 7 heteroatoms. The third-order valence-electron chi connectivity index (χ3n) is 5.26. The van der Waals surface area contributed by atoms with Crippen molar-refractivity contribution >= 4 is 33.4 Å². The standard InChI is InChI=1S/C24H27BrN2O4/c1-5-31-19-11-8-17(14-15(19)2)22(28)20-21(16-6-9-18(25)10-7-16)27(13-12-26(3)4)24(30)23(20)29/h6-11,14,21,28H,5,12-13H2,1-4H3/t21-/m1/s1. The Hall–Kier alpha value is -2.64. The summed E-state index contributed by atoms with van der Waals surface area (Å²) >= 11 is 3.42. The minimum absolute atomic E-state index is 0.106. The molecule has 0 aliphatic carbocycles. The molecule has 31 heavy (non-hydrogen) atoms. The van der Waals surface area contributed by atoms with E-state index in [1.54, 1.807) is 23.1 Å². The van der Waals surface area contributed by atoms with Crippen molar-refractivity contribution < 1.29 is 19.4 Å². The van der Waals surface area contributed by atoms with Gasteiger partial charge in [0.25, 0.3) is 11.7 Å². The number of rotatable bonds is 7. The molecule has 1 atom stereocenters. The van der Waals surface area contributed by atoms with Gasteiger partial charge in [-0.25, -0.2) is 0 Å². The second-order valence-corrected chi connectivity index (χ2v) is 8.68. The lowest BCUT2D eigenvalue weighted by Crippen LogP contribution is -2.35. The predicted molar refractivity (Wildman–Crippen MR) is 124 cm³/mol. The van der Waals surface area contributed by atoms with Crippen molar-refractivity contribution in [1.82, 2.24) is 9.80 Å². The van der Waals surface area contributed by atoms with Crippen molar-refractivity contribution in [2.75, 3.05) is 33.8 Å². The molecule has 0 saturated carbocycles. The fourth-order valence-electron chi connectivity index (χ4n) is 3.68. The summed E-state index contributed by atoms with van der Waals surface area (Å²) in [6, 6.07) is 12.0. The summed E-state index contributed by atoms with van der Waals surface area (Å²) in [4.78, 5) is 29.4. The zero-order valence-corrected chi connectivity index (χ0v) is 19.8. The molecule has 1 fully saturated rings. The molecule has 0 unspecified atom stereocenters. The highest BCUT2D eigenvalue weighted by atomic mass is 79.9. The number of nitrogens with zero attached hydrogens (tertiary/aromatic N) is 2. The molecule has 1 heterocycles. The van der Waals surface area contributed by atoms with E-state index in [2.05, 4.69) is 15.9 Å². The van der Waals surface area contributed by atoms with Gasteiger partial charge in [-0.15, -0.1) is 0 Å². The van der Waals surface area contributed by atoms with Gasteiger partial charge >= 0.3 is 0 Å². The molecule has 2 aromatic rings. The summed E-state index contributed by atoms with van der Waals surface area (Å²) in [6.45, 7) is 5.29. The van der Waals surface area contributed by atoms with Crippen molar-refractivity contribution in [3.63, 3.8) is 0 Å². The Labute approximate surface area is 191 Å². The molecule has 0 bridgehead atoms. The summed E-state index contributed by atoms with van der Waals surface area (Å²) in [5, 5.41) is 11.2. The van der Waals surface area contributed by atoms with Gasteiger partial charge in [0.2, 0.25) is 0 Å². The molecule has 0 spiro atoms. The van der Waals surface area contributed by atoms with Gasteiger partial charge in [-0.1, -0.05) is 28.1 Å². The second-order valence-electron chi connectivity index (χ2n) is 7.76. The first kappa shape index (κ1) is 23.0. The van der Waals surface area contributed by atoms with E-state index in [9.17, 15) is 14.7 Å². The van der Waals surface area contributed by atoms with Crippen LogP contribution in [-0.4, -0.2) is 60.4 Å². The van der Waals surface area contributed by atoms with E-state index in [0.717, 1.165) is 21.3 Å². The van der Waals surface area contributed by atoms with Gasteiger partial charge in [0, 0.05) is 23.1 Å². The van der Waals surface area contributed by atoms with Crippen molar-refractivity contribution in [3.05, 3.63) is 69.2 Å². The van der Waals surface area contributed by atoms with Crippen LogP contribution in [0.5, 0.6) is 5.75 Å². The van der Waals surface area contributed by atoms with Crippen LogP contribution in [0.2, 0.25) is 0 Å². The predicted octanol–water partition coefficient (Wildman–Crippen LogP) is 4.14. The monoisotopic (exact) mass is 486 g/mol. The molecule has 2 aromatic carbocycles. The lowest BCUT2D eigenvalue weighted by atomic mass is 9.95. The number of aryl methyl sites for hydroxylation is 1. The number of benzene rings is 2. The number of carbonyl (C=O) groups excluding carboxylic acids is 2. The number of amides is 1. The van der Waals surface area contributed by atoms with Gasteiger partial charge in [-0.2, -0.15) is 0 Å². The number of halogens is 1. The number of carbonyl (C=O) groups is 2. The maximum absolute atomic E-state index is 13.0. The van der Waals surface area contributed by atoms with Crippen LogP contribution in [0.1, 0.15) is 29.7 Å². The SMILES string of the molecule is CCOc1ccc(C(O)=C2C(=O)C(=O)N(CCN(C)C)[C@@H]2c2ccc(Br)cc2)cc1C. The van der Waals surface area contributed by atoms with Crippen molar-refractivity contribution in [2.45, 2.75) is 19.9 Å². The number of ether oxygens (including phenoxy) is 1. The van der Waals surface area contributed by atoms with E-state index in [0.29, 0.717) is 25.3 Å². The molecule has 1 saturated heterocycles. The topological polar surface area (TPSA) is 70.1 Å². The highest BCUT2D eigenvalue weighted by Gasteiger charge is 2.45. The number of Topliss-reactive ketones (excluding diaryl/α,β-unsaturated/α-hetero) is 1. The Morgan fingerprint density at radius 3 is 2.42 bits per heavy atom. The van der Waals surface area contributed by atoms with E-state index in [1.807, 2.05) is 57.1 Å². The molecule has 1 aliphatic rings. The fourth-order valence-corrected chi connectivity index (χ4v) is 3.94. The molecule has 1 amide bonds. The minimum Gasteiger partial charge on any atom is -0.507 e. The van der Waals surface area contributed by atoms with Gasteiger partial charge < -0.3 is 19.6 Å². The maximum Gasteiger partial charge on any atom is 0.295 e. The Morgan fingerprint density at radius 1 is 1.16 bits per heavy atom. The first-order valence-electron chi connectivity index (χ1n) is 10.2. The number of likely N-dealkylation sites (N-methyl/N-ethyl adjacent to an activating group) is 1. The molecule has 164 valence electrons. The van der Waals surface area contributed by atoms with Crippen molar-refractivity contribution in [2.24, 2.45) is 0 Å². The Morgan fingerprint density at radius 2 is 1.84 bits per heavy atom. The summed E-state index contributed by atoms with van der Waals surface area (Å²) in [7, 11) is 3.82. The zero-order chi connectivity index (χ0) is 22.7. The fraction of sp³-hybridized carbons (Fsp3) is 0.333. The largest absolute Gasteiger partial charge is 0.507 e. The quantitative estimate of drug-likeness (QED) is 0.361. The first-order chi connectivity index (χ1) is 14.7. The molecule has 1 aliphatic heterocycles. The van der Waals surface area contributed by atoms with Crippen molar-refractivity contribution in [3.8, 4) is 5.75 Å². The van der Waals surface area contributed by atoms with Crippen LogP contribution in [0.4, 0.5) is 0 Å². The Bertz CT molecular complexity index is 1010. The van der Waals surface area contributed by atoms with Crippen LogP contribution in [0.25, 0.3) is 5.76 Å². The van der Waals surface area contributed by atoms with E-state index in [-0.39, 0.29) is 11.3 Å². The number of ketones is 1. The van der Waals surface area contributed by atoms with Crippen LogP contribution in [0.15, 0.2) is 52.5 Å². The molecule has 0 radical (unpaired) electrons. The summed E-state index contributed by atoms with van der Waals surface area (Å²) < 4.78 is 6.46. The number of hydrogen-bond donors (Lipinski definition) is 1. The maximum atomic E-state index is 13.0.